The summed E-state index contributed by atoms with van der Waals surface area (Å²) in [4.78, 5) is 4.99. The summed E-state index contributed by atoms with van der Waals surface area (Å²) in [5.74, 6) is 0. The highest BCUT2D eigenvalue weighted by Gasteiger charge is 2.13. The Kier molecular flexibility index (Phi) is 4.16. The van der Waals surface area contributed by atoms with E-state index in [-0.39, 0.29) is 0 Å². The first-order valence-electron chi connectivity index (χ1n) is 7.80. The summed E-state index contributed by atoms with van der Waals surface area (Å²) in [6.07, 6.45) is 1.64. The molecule has 24 heavy (non-hydrogen) atoms. The van der Waals surface area contributed by atoms with Crippen LogP contribution in [0, 0.1) is 0 Å². The van der Waals surface area contributed by atoms with Crippen molar-refractivity contribution in [2.75, 3.05) is 38.0 Å². The lowest BCUT2D eigenvalue weighted by Gasteiger charge is -2.13. The molecule has 1 N–H and O–H groups in total. The van der Waals surface area contributed by atoms with Gasteiger partial charge >= 0.3 is 0 Å². The highest BCUT2D eigenvalue weighted by molar-refractivity contribution is 5.81. The molecule has 3 rings (SSSR count). The van der Waals surface area contributed by atoms with E-state index in [4.69, 9.17) is 0 Å². The summed E-state index contributed by atoms with van der Waals surface area (Å²) in [7, 11) is 8.04. The van der Waals surface area contributed by atoms with Gasteiger partial charge in [0.25, 0.3) is 0 Å². The molecular weight excluding hydrogens is 300 g/mol. The van der Waals surface area contributed by atoms with Crippen molar-refractivity contribution in [3.63, 3.8) is 0 Å². The van der Waals surface area contributed by atoms with Crippen LogP contribution in [-0.2, 0) is 0 Å². The molecule has 1 aromatic heterocycles. The Labute approximate surface area is 142 Å². The minimum atomic E-state index is 0.764. The maximum absolute atomic E-state index is 9.83. The van der Waals surface area contributed by atoms with E-state index in [1.165, 1.54) is 0 Å². The molecule has 2 aromatic carbocycles. The van der Waals surface area contributed by atoms with Gasteiger partial charge in [-0.15, -0.1) is 9.94 Å². The first-order valence-corrected chi connectivity index (χ1v) is 7.80. The summed E-state index contributed by atoms with van der Waals surface area (Å²) < 4.78 is 0. The molecule has 0 aliphatic rings. The van der Waals surface area contributed by atoms with Crippen molar-refractivity contribution in [3.8, 4) is 22.4 Å². The Bertz CT molecular complexity index is 749. The zero-order valence-corrected chi connectivity index (χ0v) is 14.4. The van der Waals surface area contributed by atoms with Gasteiger partial charge in [-0.3, -0.25) is 0 Å². The number of benzene rings is 2. The average Bonchev–Trinajstić information content (AvgIpc) is 2.97. The van der Waals surface area contributed by atoms with Crippen LogP contribution in [0.3, 0.4) is 0 Å². The van der Waals surface area contributed by atoms with Gasteiger partial charge in [0.1, 0.15) is 5.69 Å². The summed E-state index contributed by atoms with van der Waals surface area (Å²) in [5, 5.41) is 14.1. The Hall–Kier alpha value is -2.95. The Morgan fingerprint density at radius 1 is 0.750 bits per heavy atom. The van der Waals surface area contributed by atoms with Crippen LogP contribution in [0.25, 0.3) is 22.4 Å². The van der Waals surface area contributed by atoms with Crippen molar-refractivity contribution < 1.29 is 5.21 Å². The molecule has 0 amide bonds. The number of aromatic nitrogens is 2. The zero-order valence-electron chi connectivity index (χ0n) is 14.4. The van der Waals surface area contributed by atoms with Crippen LogP contribution in [0.1, 0.15) is 0 Å². The van der Waals surface area contributed by atoms with Crippen LogP contribution in [0.4, 0.5) is 11.4 Å². The minimum Gasteiger partial charge on any atom is -0.412 e. The fourth-order valence-electron chi connectivity index (χ4n) is 2.64. The summed E-state index contributed by atoms with van der Waals surface area (Å²) in [6, 6.07) is 16.3. The average molecular weight is 322 g/mol. The van der Waals surface area contributed by atoms with Crippen molar-refractivity contribution in [2.24, 2.45) is 0 Å². The first kappa shape index (κ1) is 15.9. The lowest BCUT2D eigenvalue weighted by molar-refractivity contribution is 0.149. The smallest absolute Gasteiger partial charge is 0.104 e. The second-order valence-electron chi connectivity index (χ2n) is 6.19. The number of nitrogens with zero attached hydrogens (tertiary/aromatic N) is 4. The monoisotopic (exact) mass is 322 g/mol. The predicted octanol–water partition coefficient (Wildman–Crippen LogP) is 3.59. The molecule has 1 heterocycles. The highest BCUT2D eigenvalue weighted by Crippen LogP contribution is 2.32. The minimum absolute atomic E-state index is 0.764. The highest BCUT2D eigenvalue weighted by atomic mass is 16.5. The number of hydrogen-bond donors (Lipinski definition) is 1. The summed E-state index contributed by atoms with van der Waals surface area (Å²) in [5.41, 5.74) is 5.92. The van der Waals surface area contributed by atoms with E-state index in [1.807, 2.05) is 64.6 Å². The molecule has 5 heteroatoms. The molecule has 0 aliphatic heterocycles. The molecule has 0 bridgehead atoms. The normalized spacial score (nSPS) is 10.7. The van der Waals surface area contributed by atoms with Gasteiger partial charge in [-0.05, 0) is 29.8 Å². The molecule has 0 spiro atoms. The SMILES string of the molecule is CN(C)c1ccc(-c2cn(O)nc2-c2ccc(N(C)C)cc2)cc1. The van der Waals surface area contributed by atoms with Gasteiger partial charge in [0.2, 0.25) is 0 Å². The van der Waals surface area contributed by atoms with Crippen LogP contribution >= 0.6 is 0 Å². The summed E-state index contributed by atoms with van der Waals surface area (Å²) in [6.45, 7) is 0. The molecule has 0 saturated heterocycles. The van der Waals surface area contributed by atoms with E-state index >= 15 is 0 Å². The third kappa shape index (κ3) is 3.06. The second-order valence-corrected chi connectivity index (χ2v) is 6.19. The molecule has 0 radical (unpaired) electrons. The maximum Gasteiger partial charge on any atom is 0.104 e. The van der Waals surface area contributed by atoms with Crippen LogP contribution in [0.15, 0.2) is 54.7 Å². The van der Waals surface area contributed by atoms with Gasteiger partial charge in [-0.25, -0.2) is 0 Å². The van der Waals surface area contributed by atoms with Crippen LogP contribution < -0.4 is 9.80 Å². The van der Waals surface area contributed by atoms with E-state index in [0.29, 0.717) is 0 Å². The zero-order chi connectivity index (χ0) is 17.3. The largest absolute Gasteiger partial charge is 0.412 e. The van der Waals surface area contributed by atoms with Gasteiger partial charge in [-0.1, -0.05) is 24.3 Å². The Morgan fingerprint density at radius 3 is 1.67 bits per heavy atom. The third-order valence-electron chi connectivity index (χ3n) is 4.05. The molecule has 124 valence electrons. The fourth-order valence-corrected chi connectivity index (χ4v) is 2.64. The van der Waals surface area contributed by atoms with Gasteiger partial charge in [0.05, 0.1) is 6.20 Å². The van der Waals surface area contributed by atoms with E-state index in [1.54, 1.807) is 6.20 Å². The third-order valence-corrected chi connectivity index (χ3v) is 4.05. The van der Waals surface area contributed by atoms with Gasteiger partial charge < -0.3 is 15.0 Å². The lowest BCUT2D eigenvalue weighted by atomic mass is 10.0. The van der Waals surface area contributed by atoms with Gasteiger partial charge in [0, 0.05) is 50.7 Å². The van der Waals surface area contributed by atoms with E-state index in [9.17, 15) is 5.21 Å². The van der Waals surface area contributed by atoms with Crippen molar-refractivity contribution in [1.82, 2.24) is 9.94 Å². The van der Waals surface area contributed by atoms with Crippen LogP contribution in [-0.4, -0.2) is 43.3 Å². The van der Waals surface area contributed by atoms with Crippen molar-refractivity contribution in [3.05, 3.63) is 54.7 Å². The van der Waals surface area contributed by atoms with Crippen molar-refractivity contribution in [2.45, 2.75) is 0 Å². The standard InChI is InChI=1S/C19H22N4O/c1-21(2)16-9-5-14(6-10-16)18-13-23(24)20-19(18)15-7-11-17(12-8-15)22(3)4/h5-13,24H,1-4H3. The van der Waals surface area contributed by atoms with E-state index in [2.05, 4.69) is 27.0 Å². The molecule has 0 unspecified atom stereocenters. The fraction of sp³-hybridized carbons (Fsp3) is 0.211. The van der Waals surface area contributed by atoms with E-state index < -0.39 is 0 Å². The second kappa shape index (κ2) is 6.28. The number of anilines is 2. The number of hydrogen-bond acceptors (Lipinski definition) is 4. The molecule has 5 nitrogen and oxygen atoms in total. The van der Waals surface area contributed by atoms with Crippen LogP contribution in [0.5, 0.6) is 0 Å². The van der Waals surface area contributed by atoms with E-state index in [0.717, 1.165) is 38.6 Å². The van der Waals surface area contributed by atoms with Gasteiger partial charge in [0.15, 0.2) is 0 Å². The van der Waals surface area contributed by atoms with Crippen molar-refractivity contribution in [1.29, 1.82) is 0 Å². The molecule has 3 aromatic rings. The molecule has 0 aliphatic carbocycles. The topological polar surface area (TPSA) is 44.5 Å². The first-order chi connectivity index (χ1) is 11.5. The Balaban J connectivity index is 2.01. The van der Waals surface area contributed by atoms with Gasteiger partial charge in [-0.2, -0.15) is 0 Å². The van der Waals surface area contributed by atoms with Crippen LogP contribution in [0.2, 0.25) is 0 Å². The summed E-state index contributed by atoms with van der Waals surface area (Å²) >= 11 is 0. The molecule has 0 fully saturated rings. The number of rotatable bonds is 4. The Morgan fingerprint density at radius 2 is 1.21 bits per heavy atom. The quantitative estimate of drug-likeness (QED) is 0.746. The lowest BCUT2D eigenvalue weighted by Crippen LogP contribution is -2.08. The van der Waals surface area contributed by atoms with Crippen molar-refractivity contribution >= 4 is 11.4 Å². The molecule has 0 saturated carbocycles. The maximum atomic E-state index is 9.83. The predicted molar refractivity (Wildman–Crippen MR) is 98.9 cm³/mol. The molecule has 0 atom stereocenters. The molecular formula is C19H22N4O.